The average molecular weight is 169 g/mol. The summed E-state index contributed by atoms with van der Waals surface area (Å²) in [6.07, 6.45) is 2.35. The minimum Gasteiger partial charge on any atom is -0.396 e. The van der Waals surface area contributed by atoms with E-state index in [1.54, 1.807) is 6.07 Å². The van der Waals surface area contributed by atoms with Crippen LogP contribution in [0, 0.1) is 11.6 Å². The lowest BCUT2D eigenvalue weighted by Crippen LogP contribution is -1.99. The zero-order valence-electron chi connectivity index (χ0n) is 6.53. The van der Waals surface area contributed by atoms with E-state index in [0.29, 0.717) is 12.0 Å². The molecule has 0 radical (unpaired) electrons. The van der Waals surface area contributed by atoms with E-state index in [9.17, 15) is 8.78 Å². The van der Waals surface area contributed by atoms with Gasteiger partial charge in [0.1, 0.15) is 0 Å². The highest BCUT2D eigenvalue weighted by Gasteiger charge is 2.20. The molecule has 0 spiro atoms. The molecule has 0 amide bonds. The summed E-state index contributed by atoms with van der Waals surface area (Å²) < 4.78 is 26.0. The smallest absolute Gasteiger partial charge is 0.181 e. The van der Waals surface area contributed by atoms with Gasteiger partial charge in [-0.3, -0.25) is 0 Å². The fraction of sp³-hybridized carbons (Fsp3) is 0.333. The standard InChI is InChI=1S/C9H9F2N/c10-8-6-3-1-2-5(6)4-7(12)9(8)11/h4H,1-3,12H2. The molecule has 0 saturated carbocycles. The van der Waals surface area contributed by atoms with Crippen LogP contribution in [-0.4, -0.2) is 0 Å². The van der Waals surface area contributed by atoms with Gasteiger partial charge in [-0.25, -0.2) is 8.78 Å². The van der Waals surface area contributed by atoms with Crippen LogP contribution >= 0.6 is 0 Å². The third-order valence-electron chi connectivity index (χ3n) is 2.30. The van der Waals surface area contributed by atoms with E-state index in [2.05, 4.69) is 0 Å². The maximum Gasteiger partial charge on any atom is 0.181 e. The maximum atomic E-state index is 13.1. The molecular formula is C9H9F2N. The third kappa shape index (κ3) is 0.891. The number of hydrogen-bond acceptors (Lipinski definition) is 1. The fourth-order valence-corrected chi connectivity index (χ4v) is 1.69. The molecule has 3 heteroatoms. The molecule has 1 aromatic carbocycles. The topological polar surface area (TPSA) is 26.0 Å². The molecule has 0 unspecified atom stereocenters. The van der Waals surface area contributed by atoms with Gasteiger partial charge >= 0.3 is 0 Å². The number of benzene rings is 1. The number of nitrogens with two attached hydrogens (primary N) is 1. The van der Waals surface area contributed by atoms with E-state index in [0.717, 1.165) is 18.4 Å². The number of rotatable bonds is 0. The molecular weight excluding hydrogens is 160 g/mol. The number of nitrogen functional groups attached to an aromatic ring is 1. The van der Waals surface area contributed by atoms with E-state index >= 15 is 0 Å². The van der Waals surface area contributed by atoms with Gasteiger partial charge in [-0.1, -0.05) is 0 Å². The summed E-state index contributed by atoms with van der Waals surface area (Å²) in [4.78, 5) is 0. The Bertz CT molecular complexity index is 334. The van der Waals surface area contributed by atoms with Gasteiger partial charge in [0, 0.05) is 0 Å². The van der Waals surface area contributed by atoms with Crippen molar-refractivity contribution >= 4 is 5.69 Å². The van der Waals surface area contributed by atoms with Crippen molar-refractivity contribution in [2.45, 2.75) is 19.3 Å². The first-order valence-electron chi connectivity index (χ1n) is 3.95. The van der Waals surface area contributed by atoms with E-state index in [1.807, 2.05) is 0 Å². The Labute approximate surface area is 69.2 Å². The molecule has 0 heterocycles. The van der Waals surface area contributed by atoms with Crippen LogP contribution < -0.4 is 5.73 Å². The lowest BCUT2D eigenvalue weighted by molar-refractivity contribution is 0.503. The van der Waals surface area contributed by atoms with Crippen LogP contribution in [0.4, 0.5) is 14.5 Å². The van der Waals surface area contributed by atoms with Gasteiger partial charge in [0.15, 0.2) is 11.6 Å². The van der Waals surface area contributed by atoms with Crippen molar-refractivity contribution in [2.24, 2.45) is 0 Å². The van der Waals surface area contributed by atoms with Gasteiger partial charge in [-0.15, -0.1) is 0 Å². The van der Waals surface area contributed by atoms with Crippen LogP contribution in [0.3, 0.4) is 0 Å². The minimum absolute atomic E-state index is 0.0758. The number of hydrogen-bond donors (Lipinski definition) is 1. The predicted octanol–water partition coefficient (Wildman–Crippen LogP) is 2.04. The molecule has 2 rings (SSSR count). The van der Waals surface area contributed by atoms with Crippen molar-refractivity contribution in [2.75, 3.05) is 5.73 Å². The molecule has 0 bridgehead atoms. The summed E-state index contributed by atoms with van der Waals surface area (Å²) in [6.45, 7) is 0. The van der Waals surface area contributed by atoms with Crippen molar-refractivity contribution in [3.8, 4) is 0 Å². The number of aryl methyl sites for hydroxylation is 1. The van der Waals surface area contributed by atoms with Gasteiger partial charge in [-0.05, 0) is 36.5 Å². The van der Waals surface area contributed by atoms with Crippen LogP contribution in [0.1, 0.15) is 17.5 Å². The molecule has 2 N–H and O–H groups in total. The summed E-state index contributed by atoms with van der Waals surface area (Å²) in [7, 11) is 0. The van der Waals surface area contributed by atoms with Crippen molar-refractivity contribution in [1.82, 2.24) is 0 Å². The van der Waals surface area contributed by atoms with Crippen molar-refractivity contribution in [1.29, 1.82) is 0 Å². The van der Waals surface area contributed by atoms with Gasteiger partial charge in [-0.2, -0.15) is 0 Å². The molecule has 0 atom stereocenters. The molecule has 1 nitrogen and oxygen atoms in total. The number of anilines is 1. The second kappa shape index (κ2) is 2.44. The van der Waals surface area contributed by atoms with Crippen LogP contribution in [0.15, 0.2) is 6.07 Å². The second-order valence-electron chi connectivity index (χ2n) is 3.08. The van der Waals surface area contributed by atoms with Gasteiger partial charge < -0.3 is 5.73 Å². The van der Waals surface area contributed by atoms with Gasteiger partial charge in [0.2, 0.25) is 0 Å². The first-order valence-corrected chi connectivity index (χ1v) is 3.95. The highest BCUT2D eigenvalue weighted by molar-refractivity contribution is 5.48. The van der Waals surface area contributed by atoms with Gasteiger partial charge in [0.05, 0.1) is 5.69 Å². The first-order chi connectivity index (χ1) is 5.70. The highest BCUT2D eigenvalue weighted by Crippen LogP contribution is 2.29. The normalized spacial score (nSPS) is 14.8. The minimum atomic E-state index is -0.893. The summed E-state index contributed by atoms with van der Waals surface area (Å²) in [5, 5.41) is 0. The Hall–Kier alpha value is -1.12. The number of fused-ring (bicyclic) bond motifs is 1. The maximum absolute atomic E-state index is 13.1. The average Bonchev–Trinajstić information content (AvgIpc) is 2.48. The monoisotopic (exact) mass is 169 g/mol. The van der Waals surface area contributed by atoms with Crippen LogP contribution in [-0.2, 0) is 12.8 Å². The Morgan fingerprint density at radius 1 is 1.17 bits per heavy atom. The van der Waals surface area contributed by atoms with Crippen LogP contribution in [0.5, 0.6) is 0 Å². The summed E-state index contributed by atoms with van der Waals surface area (Å²) >= 11 is 0. The third-order valence-corrected chi connectivity index (χ3v) is 2.30. The fourth-order valence-electron chi connectivity index (χ4n) is 1.69. The van der Waals surface area contributed by atoms with Crippen molar-refractivity contribution < 1.29 is 8.78 Å². The largest absolute Gasteiger partial charge is 0.396 e. The number of halogens is 2. The molecule has 0 aromatic heterocycles. The summed E-state index contributed by atoms with van der Waals surface area (Å²) in [5.41, 5.74) is 6.59. The lowest BCUT2D eigenvalue weighted by atomic mass is 10.1. The van der Waals surface area contributed by atoms with E-state index in [1.165, 1.54) is 0 Å². The predicted molar refractivity (Wildman–Crippen MR) is 42.8 cm³/mol. The molecule has 0 aliphatic heterocycles. The lowest BCUT2D eigenvalue weighted by Gasteiger charge is -2.04. The van der Waals surface area contributed by atoms with Gasteiger partial charge in [0.25, 0.3) is 0 Å². The zero-order valence-corrected chi connectivity index (χ0v) is 6.53. The Balaban J connectivity index is 2.67. The molecule has 1 aliphatic carbocycles. The molecule has 0 saturated heterocycles. The molecule has 64 valence electrons. The molecule has 1 aliphatic rings. The molecule has 0 fully saturated rings. The Morgan fingerprint density at radius 3 is 2.67 bits per heavy atom. The second-order valence-corrected chi connectivity index (χ2v) is 3.08. The van der Waals surface area contributed by atoms with E-state index in [4.69, 9.17) is 5.73 Å². The summed E-state index contributed by atoms with van der Waals surface area (Å²) in [5.74, 6) is -1.64. The van der Waals surface area contributed by atoms with E-state index < -0.39 is 11.6 Å². The van der Waals surface area contributed by atoms with Crippen molar-refractivity contribution in [3.63, 3.8) is 0 Å². The van der Waals surface area contributed by atoms with Crippen LogP contribution in [0.25, 0.3) is 0 Å². The quantitative estimate of drug-likeness (QED) is 0.591. The van der Waals surface area contributed by atoms with E-state index in [-0.39, 0.29) is 5.69 Å². The first kappa shape index (κ1) is 7.53. The zero-order chi connectivity index (χ0) is 8.72. The Morgan fingerprint density at radius 2 is 1.92 bits per heavy atom. The highest BCUT2D eigenvalue weighted by atomic mass is 19.2. The Kier molecular flexibility index (Phi) is 1.53. The van der Waals surface area contributed by atoms with Crippen molar-refractivity contribution in [3.05, 3.63) is 28.8 Å². The molecule has 1 aromatic rings. The summed E-state index contributed by atoms with van der Waals surface area (Å²) in [6, 6.07) is 1.54. The SMILES string of the molecule is Nc1cc2c(c(F)c1F)CCC2. The van der Waals surface area contributed by atoms with Crippen LogP contribution in [0.2, 0.25) is 0 Å². The molecule has 12 heavy (non-hydrogen) atoms.